The number of piperidine rings is 1. The zero-order valence-electron chi connectivity index (χ0n) is 26.3. The van der Waals surface area contributed by atoms with E-state index in [2.05, 4.69) is 36.7 Å². The van der Waals surface area contributed by atoms with Gasteiger partial charge in [-0.1, -0.05) is 19.9 Å². The zero-order chi connectivity index (χ0) is 30.7. The number of anilines is 1. The molecule has 226 valence electrons. The van der Waals surface area contributed by atoms with Crippen molar-refractivity contribution in [1.82, 2.24) is 9.97 Å². The maximum atomic E-state index is 12.6. The number of hydrogen-bond acceptors (Lipinski definition) is 7. The molecule has 0 unspecified atom stereocenters. The Balaban J connectivity index is 1.64. The Morgan fingerprint density at radius 2 is 1.74 bits per heavy atom. The quantitative estimate of drug-likeness (QED) is 0.277. The second-order valence-electron chi connectivity index (χ2n) is 12.9. The van der Waals surface area contributed by atoms with Gasteiger partial charge in [-0.15, -0.1) is 0 Å². The van der Waals surface area contributed by atoms with Gasteiger partial charge < -0.3 is 24.2 Å². The number of nitrogens with zero attached hydrogens (tertiary/aromatic N) is 3. The predicted molar refractivity (Wildman–Crippen MR) is 166 cm³/mol. The van der Waals surface area contributed by atoms with Gasteiger partial charge in [-0.3, -0.25) is 9.97 Å². The highest BCUT2D eigenvalue weighted by molar-refractivity contribution is 5.85. The lowest BCUT2D eigenvalue weighted by Crippen LogP contribution is -2.39. The second kappa shape index (κ2) is 12.7. The third-order valence-corrected chi connectivity index (χ3v) is 7.88. The van der Waals surface area contributed by atoms with Crippen LogP contribution in [0.15, 0.2) is 42.7 Å². The molecule has 8 nitrogen and oxygen atoms in total. The molecule has 1 aliphatic heterocycles. The fourth-order valence-electron chi connectivity index (χ4n) is 5.35. The van der Waals surface area contributed by atoms with Crippen LogP contribution in [0.4, 0.5) is 5.69 Å². The summed E-state index contributed by atoms with van der Waals surface area (Å²) < 4.78 is 17.5. The minimum absolute atomic E-state index is 0.231. The summed E-state index contributed by atoms with van der Waals surface area (Å²) in [6, 6.07) is 9.88. The molecule has 0 aliphatic carbocycles. The lowest BCUT2D eigenvalue weighted by Gasteiger charge is -2.40. The van der Waals surface area contributed by atoms with E-state index in [1.165, 1.54) is 5.56 Å². The fourth-order valence-corrected chi connectivity index (χ4v) is 5.35. The molecule has 3 aromatic rings. The van der Waals surface area contributed by atoms with Crippen molar-refractivity contribution >= 4 is 11.7 Å². The van der Waals surface area contributed by atoms with Gasteiger partial charge in [0.1, 0.15) is 11.5 Å². The Morgan fingerprint density at radius 1 is 1.05 bits per heavy atom. The molecule has 0 saturated carbocycles. The van der Waals surface area contributed by atoms with Crippen molar-refractivity contribution in [1.29, 1.82) is 0 Å². The standard InChI is InChI=1S/C34H45N3O5/c1-22-19-25(40-8)10-9-24(22)13-18-41-26-11-12-28(36-20-26)27-21-35-23(2)29(31(32(38)39)42-33(3,4)5)30(27)37-16-14-34(6,7)15-17-37/h9-12,19-21,31H,13-18H2,1-8H3,(H,38,39)/t31-/m0/s1. The molecule has 2 aromatic heterocycles. The minimum atomic E-state index is -1.16. The molecule has 1 fully saturated rings. The molecule has 42 heavy (non-hydrogen) atoms. The average molecular weight is 576 g/mol. The van der Waals surface area contributed by atoms with Gasteiger partial charge in [0.05, 0.1) is 36.9 Å². The number of rotatable bonds is 10. The van der Waals surface area contributed by atoms with Crippen LogP contribution in [0.25, 0.3) is 11.3 Å². The Labute approximate surface area is 250 Å². The highest BCUT2D eigenvalue weighted by Gasteiger charge is 2.36. The van der Waals surface area contributed by atoms with Gasteiger partial charge in [0.25, 0.3) is 0 Å². The molecule has 4 rings (SSSR count). The first-order valence-electron chi connectivity index (χ1n) is 14.7. The largest absolute Gasteiger partial charge is 0.497 e. The molecule has 1 atom stereocenters. The molecule has 3 heterocycles. The first-order chi connectivity index (χ1) is 19.8. The van der Waals surface area contributed by atoms with Crippen LogP contribution >= 0.6 is 0 Å². The van der Waals surface area contributed by atoms with Crippen molar-refractivity contribution in [2.75, 3.05) is 31.7 Å². The van der Waals surface area contributed by atoms with Gasteiger partial charge in [0.15, 0.2) is 6.10 Å². The second-order valence-corrected chi connectivity index (χ2v) is 12.9. The lowest BCUT2D eigenvalue weighted by molar-refractivity contribution is -0.160. The van der Waals surface area contributed by atoms with Crippen molar-refractivity contribution in [3.8, 4) is 22.8 Å². The van der Waals surface area contributed by atoms with Gasteiger partial charge in [-0.05, 0) is 88.3 Å². The summed E-state index contributed by atoms with van der Waals surface area (Å²) in [6.45, 7) is 16.2. The van der Waals surface area contributed by atoms with Crippen LogP contribution in [0, 0.1) is 19.3 Å². The monoisotopic (exact) mass is 575 g/mol. The molecule has 0 amide bonds. The van der Waals surface area contributed by atoms with Crippen LogP contribution in [0.5, 0.6) is 11.5 Å². The highest BCUT2D eigenvalue weighted by Crippen LogP contribution is 2.43. The number of benzene rings is 1. The van der Waals surface area contributed by atoms with Crippen molar-refractivity contribution in [3.63, 3.8) is 0 Å². The number of carboxylic acid groups (broad SMARTS) is 1. The van der Waals surface area contributed by atoms with E-state index in [4.69, 9.17) is 19.2 Å². The molecular formula is C34H45N3O5. The van der Waals surface area contributed by atoms with E-state index in [1.54, 1.807) is 19.5 Å². The molecule has 1 aromatic carbocycles. The van der Waals surface area contributed by atoms with Crippen LogP contribution in [0.3, 0.4) is 0 Å². The molecule has 1 N–H and O–H groups in total. The van der Waals surface area contributed by atoms with Crippen LogP contribution in [-0.4, -0.2) is 53.5 Å². The molecule has 1 aliphatic rings. The van der Waals surface area contributed by atoms with Crippen LogP contribution in [0.1, 0.15) is 75.9 Å². The van der Waals surface area contributed by atoms with E-state index in [0.29, 0.717) is 29.3 Å². The van der Waals surface area contributed by atoms with E-state index in [-0.39, 0.29) is 5.41 Å². The van der Waals surface area contributed by atoms with E-state index in [9.17, 15) is 9.90 Å². The Bertz CT molecular complexity index is 1390. The summed E-state index contributed by atoms with van der Waals surface area (Å²) >= 11 is 0. The Kier molecular flexibility index (Phi) is 9.46. The first kappa shape index (κ1) is 31.3. The molecule has 0 bridgehead atoms. The smallest absolute Gasteiger partial charge is 0.337 e. The lowest BCUT2D eigenvalue weighted by atomic mass is 9.82. The fraction of sp³-hybridized carbons (Fsp3) is 0.500. The van der Waals surface area contributed by atoms with Crippen LogP contribution < -0.4 is 14.4 Å². The normalized spacial score (nSPS) is 15.8. The summed E-state index contributed by atoms with van der Waals surface area (Å²) in [5.74, 6) is 0.485. The summed E-state index contributed by atoms with van der Waals surface area (Å²) in [5, 5.41) is 10.3. The van der Waals surface area contributed by atoms with Crippen LogP contribution in [-0.2, 0) is 16.0 Å². The number of aryl methyl sites for hydroxylation is 2. The molecule has 0 radical (unpaired) electrons. The summed E-state index contributed by atoms with van der Waals surface area (Å²) in [7, 11) is 1.67. The molecule has 0 spiro atoms. The van der Waals surface area contributed by atoms with Gasteiger partial charge in [0.2, 0.25) is 0 Å². The SMILES string of the molecule is COc1ccc(CCOc2ccc(-c3cnc(C)c([C@H](OC(C)(C)C)C(=O)O)c3N3CCC(C)(C)CC3)nc2)c(C)c1. The third-order valence-electron chi connectivity index (χ3n) is 7.88. The average Bonchev–Trinajstić information content (AvgIpc) is 2.92. The number of aliphatic carboxylic acids is 1. The predicted octanol–water partition coefficient (Wildman–Crippen LogP) is 6.96. The molecule has 1 saturated heterocycles. The van der Waals surface area contributed by atoms with E-state index in [0.717, 1.165) is 54.9 Å². The van der Waals surface area contributed by atoms with Crippen molar-refractivity contribution in [3.05, 3.63) is 65.1 Å². The highest BCUT2D eigenvalue weighted by atomic mass is 16.5. The zero-order valence-corrected chi connectivity index (χ0v) is 26.3. The topological polar surface area (TPSA) is 94.0 Å². The van der Waals surface area contributed by atoms with Gasteiger partial charge in [0, 0.05) is 42.5 Å². The maximum absolute atomic E-state index is 12.6. The summed E-state index contributed by atoms with van der Waals surface area (Å²) in [5.41, 5.74) is 5.52. The molecule has 8 heteroatoms. The summed E-state index contributed by atoms with van der Waals surface area (Å²) in [4.78, 5) is 24.3. The van der Waals surface area contributed by atoms with E-state index < -0.39 is 17.7 Å². The third kappa shape index (κ3) is 7.59. The number of carboxylic acids is 1. The van der Waals surface area contributed by atoms with Gasteiger partial charge >= 0.3 is 5.97 Å². The number of carbonyl (C=O) groups is 1. The number of ether oxygens (including phenoxy) is 3. The van der Waals surface area contributed by atoms with E-state index >= 15 is 0 Å². The number of pyridine rings is 2. The number of methoxy groups -OCH3 is 1. The Hall–Kier alpha value is -3.65. The van der Waals surface area contributed by atoms with E-state index in [1.807, 2.05) is 52.0 Å². The van der Waals surface area contributed by atoms with Gasteiger partial charge in [-0.2, -0.15) is 0 Å². The maximum Gasteiger partial charge on any atom is 0.337 e. The number of aromatic nitrogens is 2. The molecular weight excluding hydrogens is 530 g/mol. The van der Waals surface area contributed by atoms with Crippen LogP contribution in [0.2, 0.25) is 0 Å². The number of hydrogen-bond donors (Lipinski definition) is 1. The summed E-state index contributed by atoms with van der Waals surface area (Å²) in [6.07, 6.45) is 5.13. The minimum Gasteiger partial charge on any atom is -0.497 e. The first-order valence-corrected chi connectivity index (χ1v) is 14.7. The van der Waals surface area contributed by atoms with Gasteiger partial charge in [-0.25, -0.2) is 4.79 Å². The Morgan fingerprint density at radius 3 is 2.31 bits per heavy atom. The van der Waals surface area contributed by atoms with Crippen molar-refractivity contribution in [2.24, 2.45) is 5.41 Å². The van der Waals surface area contributed by atoms with Crippen molar-refractivity contribution < 1.29 is 24.1 Å². The van der Waals surface area contributed by atoms with Crippen molar-refractivity contribution in [2.45, 2.75) is 79.4 Å².